The first kappa shape index (κ1) is 13.3. The van der Waals surface area contributed by atoms with Gasteiger partial charge in [-0.1, -0.05) is 0 Å². The number of likely N-dealkylation sites (N-methyl/N-ethyl adjacent to an activating group) is 1. The van der Waals surface area contributed by atoms with E-state index in [0.29, 0.717) is 5.88 Å². The number of pyridine rings is 1. The number of nitrogens with zero attached hydrogens (tertiary/aromatic N) is 3. The number of rotatable bonds is 3. The van der Waals surface area contributed by atoms with E-state index in [1.54, 1.807) is 7.11 Å². The summed E-state index contributed by atoms with van der Waals surface area (Å²) in [6, 6.07) is 2.30. The minimum absolute atomic E-state index is 0.177. The Kier molecular flexibility index (Phi) is 4.19. The van der Waals surface area contributed by atoms with Gasteiger partial charge in [0.05, 0.1) is 7.11 Å². The predicted molar refractivity (Wildman–Crippen MR) is 72.7 cm³/mol. The van der Waals surface area contributed by atoms with E-state index in [1.807, 2.05) is 13.1 Å². The van der Waals surface area contributed by atoms with Crippen LogP contribution in [0.1, 0.15) is 17.2 Å². The number of hydrogen-bond acceptors (Lipinski definition) is 4. The van der Waals surface area contributed by atoms with Crippen LogP contribution in [-0.4, -0.2) is 55.1 Å². The third kappa shape index (κ3) is 2.82. The minimum atomic E-state index is 0.177. The highest BCUT2D eigenvalue weighted by atomic mass is 16.5. The lowest BCUT2D eigenvalue weighted by molar-refractivity contribution is 0.129. The lowest BCUT2D eigenvalue weighted by atomic mass is 10.1. The Morgan fingerprint density at radius 2 is 2.00 bits per heavy atom. The highest BCUT2D eigenvalue weighted by molar-refractivity contribution is 5.30. The Hall–Kier alpha value is -1.13. The summed E-state index contributed by atoms with van der Waals surface area (Å²) < 4.78 is 5.19. The van der Waals surface area contributed by atoms with E-state index in [9.17, 15) is 0 Å². The van der Waals surface area contributed by atoms with Crippen LogP contribution in [0.3, 0.4) is 0 Å². The number of aromatic nitrogens is 1. The fourth-order valence-corrected chi connectivity index (χ4v) is 2.32. The number of hydrogen-bond donors (Lipinski definition) is 0. The van der Waals surface area contributed by atoms with E-state index in [2.05, 4.69) is 34.8 Å². The second-order valence-corrected chi connectivity index (χ2v) is 4.95. The first-order valence-electron chi connectivity index (χ1n) is 6.38. The molecular weight excluding hydrogens is 226 g/mol. The van der Waals surface area contributed by atoms with Gasteiger partial charge >= 0.3 is 0 Å². The van der Waals surface area contributed by atoms with Crippen LogP contribution in [0.5, 0.6) is 5.88 Å². The molecule has 0 saturated carbocycles. The lowest BCUT2D eigenvalue weighted by Gasteiger charge is -2.36. The molecule has 1 atom stereocenters. The summed E-state index contributed by atoms with van der Waals surface area (Å²) in [5, 5.41) is 0. The molecule has 18 heavy (non-hydrogen) atoms. The fraction of sp³-hybridized carbons (Fsp3) is 0.571. The molecule has 4 heteroatoms. The van der Waals surface area contributed by atoms with Crippen molar-refractivity contribution in [1.29, 1.82) is 0 Å². The van der Waals surface area contributed by atoms with Crippen molar-refractivity contribution in [3.8, 4) is 5.88 Å². The van der Waals surface area contributed by atoms with Crippen LogP contribution in [0.15, 0.2) is 12.3 Å². The number of methoxy groups -OCH3 is 1. The molecule has 1 aromatic rings. The standard InChI is InChI=1S/C14H22N3O/c1-11-9-13(10-15-14(11)18-4)12(2)17-7-5-16(3)6-8-17/h9-10,12H,2,5-8H2,1,3-4H3. The topological polar surface area (TPSA) is 28.6 Å². The van der Waals surface area contributed by atoms with Gasteiger partial charge in [0.25, 0.3) is 0 Å². The van der Waals surface area contributed by atoms with Crippen LogP contribution in [0.25, 0.3) is 0 Å². The monoisotopic (exact) mass is 248 g/mol. The zero-order valence-corrected chi connectivity index (χ0v) is 11.5. The summed E-state index contributed by atoms with van der Waals surface area (Å²) in [5.41, 5.74) is 2.23. The molecule has 4 nitrogen and oxygen atoms in total. The van der Waals surface area contributed by atoms with Gasteiger partial charge < -0.3 is 9.64 Å². The molecule has 1 aromatic heterocycles. The minimum Gasteiger partial charge on any atom is -0.481 e. The van der Waals surface area contributed by atoms with Crippen LogP contribution in [0.4, 0.5) is 0 Å². The van der Waals surface area contributed by atoms with E-state index in [0.717, 1.165) is 37.3 Å². The van der Waals surface area contributed by atoms with Crippen LogP contribution >= 0.6 is 0 Å². The number of ether oxygens (including phenoxy) is 1. The smallest absolute Gasteiger partial charge is 0.215 e. The summed E-state index contributed by atoms with van der Waals surface area (Å²) in [5.74, 6) is 0.698. The maximum Gasteiger partial charge on any atom is 0.215 e. The van der Waals surface area contributed by atoms with E-state index >= 15 is 0 Å². The van der Waals surface area contributed by atoms with Gasteiger partial charge in [0.15, 0.2) is 0 Å². The number of piperazine rings is 1. The third-order valence-electron chi connectivity index (χ3n) is 3.61. The highest BCUT2D eigenvalue weighted by Gasteiger charge is 2.21. The Labute approximate surface area is 110 Å². The van der Waals surface area contributed by atoms with Crippen molar-refractivity contribution in [2.24, 2.45) is 0 Å². The van der Waals surface area contributed by atoms with Crippen molar-refractivity contribution in [1.82, 2.24) is 14.8 Å². The molecule has 1 saturated heterocycles. The maximum absolute atomic E-state index is 5.19. The van der Waals surface area contributed by atoms with E-state index in [1.165, 1.54) is 0 Å². The second-order valence-electron chi connectivity index (χ2n) is 4.95. The van der Waals surface area contributed by atoms with Gasteiger partial charge in [0.2, 0.25) is 5.88 Å². The molecule has 0 N–H and O–H groups in total. The largest absolute Gasteiger partial charge is 0.481 e. The van der Waals surface area contributed by atoms with Crippen LogP contribution in [0.2, 0.25) is 0 Å². The molecule has 0 amide bonds. The zero-order valence-electron chi connectivity index (χ0n) is 11.5. The second kappa shape index (κ2) is 5.67. The van der Waals surface area contributed by atoms with Gasteiger partial charge in [-0.2, -0.15) is 0 Å². The van der Waals surface area contributed by atoms with Crippen molar-refractivity contribution < 1.29 is 4.74 Å². The van der Waals surface area contributed by atoms with Crippen molar-refractivity contribution in [2.45, 2.75) is 13.0 Å². The van der Waals surface area contributed by atoms with Gasteiger partial charge in [-0.3, -0.25) is 4.90 Å². The van der Waals surface area contributed by atoms with Crippen molar-refractivity contribution in [2.75, 3.05) is 40.3 Å². The normalized spacial score (nSPS) is 19.8. The molecule has 99 valence electrons. The Balaban J connectivity index is 2.08. The van der Waals surface area contributed by atoms with E-state index in [4.69, 9.17) is 4.74 Å². The first-order valence-corrected chi connectivity index (χ1v) is 6.38. The van der Waals surface area contributed by atoms with Gasteiger partial charge in [0.1, 0.15) is 0 Å². The number of aryl methyl sites for hydroxylation is 1. The first-order chi connectivity index (χ1) is 8.61. The fourth-order valence-electron chi connectivity index (χ4n) is 2.32. The third-order valence-corrected chi connectivity index (χ3v) is 3.61. The maximum atomic E-state index is 5.19. The van der Waals surface area contributed by atoms with Crippen LogP contribution in [-0.2, 0) is 0 Å². The highest BCUT2D eigenvalue weighted by Crippen LogP contribution is 2.24. The summed E-state index contributed by atoms with van der Waals surface area (Å²) in [7, 11) is 3.81. The quantitative estimate of drug-likeness (QED) is 0.811. The Bertz CT molecular complexity index is 400. The molecule has 1 aliphatic rings. The van der Waals surface area contributed by atoms with Gasteiger partial charge in [0, 0.05) is 44.0 Å². The predicted octanol–water partition coefficient (Wildman–Crippen LogP) is 1.52. The van der Waals surface area contributed by atoms with E-state index < -0.39 is 0 Å². The molecular formula is C14H22N3O. The van der Waals surface area contributed by atoms with Gasteiger partial charge in [-0.25, -0.2) is 4.98 Å². The van der Waals surface area contributed by atoms with Crippen molar-refractivity contribution >= 4 is 0 Å². The molecule has 1 radical (unpaired) electrons. The SMILES string of the molecule is [CH2]C(c1cnc(OC)c(C)c1)N1CCN(C)CC1. The molecule has 0 aliphatic carbocycles. The molecule has 2 heterocycles. The molecule has 0 aromatic carbocycles. The molecule has 2 rings (SSSR count). The van der Waals surface area contributed by atoms with Crippen molar-refractivity contribution in [3.63, 3.8) is 0 Å². The molecule has 0 bridgehead atoms. The Morgan fingerprint density at radius 3 is 2.56 bits per heavy atom. The van der Waals surface area contributed by atoms with Crippen LogP contribution in [0, 0.1) is 13.8 Å². The lowest BCUT2D eigenvalue weighted by Crippen LogP contribution is -2.45. The summed E-state index contributed by atoms with van der Waals surface area (Å²) in [6.45, 7) is 10.6. The van der Waals surface area contributed by atoms with Crippen LogP contribution < -0.4 is 4.74 Å². The molecule has 1 aliphatic heterocycles. The van der Waals surface area contributed by atoms with Gasteiger partial charge in [-0.05, 0) is 32.5 Å². The zero-order chi connectivity index (χ0) is 13.1. The summed E-state index contributed by atoms with van der Waals surface area (Å²) >= 11 is 0. The summed E-state index contributed by atoms with van der Waals surface area (Å²) in [6.07, 6.45) is 1.88. The molecule has 1 unspecified atom stereocenters. The molecule has 0 spiro atoms. The van der Waals surface area contributed by atoms with E-state index in [-0.39, 0.29) is 6.04 Å². The molecule has 1 fully saturated rings. The average Bonchev–Trinajstić information content (AvgIpc) is 2.38. The van der Waals surface area contributed by atoms with Crippen molar-refractivity contribution in [3.05, 3.63) is 30.3 Å². The summed E-state index contributed by atoms with van der Waals surface area (Å²) in [4.78, 5) is 9.08. The Morgan fingerprint density at radius 1 is 1.33 bits per heavy atom. The average molecular weight is 248 g/mol. The van der Waals surface area contributed by atoms with Gasteiger partial charge in [-0.15, -0.1) is 0 Å².